The molecule has 0 aromatic carbocycles. The number of carbonyl (C=O) groups excluding carboxylic acids is 1. The second-order valence-corrected chi connectivity index (χ2v) is 6.65. The number of aliphatic hydroxyl groups is 1. The highest BCUT2D eigenvalue weighted by Gasteiger charge is 2.43. The van der Waals surface area contributed by atoms with E-state index in [9.17, 15) is 18.7 Å². The lowest BCUT2D eigenvalue weighted by atomic mass is 9.96. The first-order chi connectivity index (χ1) is 10.3. The fraction of sp³-hybridized carbons (Fsp3) is 0.733. The molecule has 1 saturated carbocycles. The van der Waals surface area contributed by atoms with Crippen LogP contribution < -0.4 is 5.32 Å². The van der Waals surface area contributed by atoms with Gasteiger partial charge in [-0.2, -0.15) is 5.10 Å². The molecule has 1 aromatic heterocycles. The Balaban J connectivity index is 2.22. The third-order valence-electron chi connectivity index (χ3n) is 4.00. The van der Waals surface area contributed by atoms with Crippen molar-refractivity contribution in [3.05, 3.63) is 17.5 Å². The minimum Gasteiger partial charge on any atom is -0.394 e. The van der Waals surface area contributed by atoms with E-state index in [4.69, 9.17) is 0 Å². The maximum absolute atomic E-state index is 13.1. The van der Waals surface area contributed by atoms with Crippen molar-refractivity contribution in [1.82, 2.24) is 15.1 Å². The lowest BCUT2D eigenvalue weighted by Gasteiger charge is -2.28. The van der Waals surface area contributed by atoms with Crippen molar-refractivity contribution in [1.29, 1.82) is 0 Å². The van der Waals surface area contributed by atoms with Crippen LogP contribution >= 0.6 is 0 Å². The fourth-order valence-electron chi connectivity index (χ4n) is 2.55. The second-order valence-electron chi connectivity index (χ2n) is 6.65. The van der Waals surface area contributed by atoms with Crippen molar-refractivity contribution in [3.63, 3.8) is 0 Å². The molecule has 124 valence electrons. The van der Waals surface area contributed by atoms with E-state index < -0.39 is 17.9 Å². The van der Waals surface area contributed by atoms with Crippen molar-refractivity contribution in [3.8, 4) is 0 Å². The Bertz CT molecular complexity index is 541. The van der Waals surface area contributed by atoms with Crippen LogP contribution in [0.4, 0.5) is 8.78 Å². The molecule has 0 bridgehead atoms. The summed E-state index contributed by atoms with van der Waals surface area (Å²) in [6, 6.07) is 0. The minimum absolute atomic E-state index is 0.189. The van der Waals surface area contributed by atoms with Crippen LogP contribution in [0.1, 0.15) is 56.1 Å². The van der Waals surface area contributed by atoms with Gasteiger partial charge in [-0.1, -0.05) is 13.8 Å². The number of halogens is 2. The summed E-state index contributed by atoms with van der Waals surface area (Å²) in [6.07, 6.45) is 0.303. The van der Waals surface area contributed by atoms with E-state index in [1.165, 1.54) is 10.9 Å². The second kappa shape index (κ2) is 6.32. The molecule has 5 nitrogen and oxygen atoms in total. The number of carbonyl (C=O) groups is 1. The molecule has 1 unspecified atom stereocenters. The van der Waals surface area contributed by atoms with Gasteiger partial charge in [0.2, 0.25) is 0 Å². The van der Waals surface area contributed by atoms with Crippen LogP contribution in [-0.2, 0) is 6.54 Å². The monoisotopic (exact) mass is 315 g/mol. The van der Waals surface area contributed by atoms with Crippen LogP contribution in [0.25, 0.3) is 0 Å². The van der Waals surface area contributed by atoms with Crippen LogP contribution in [-0.4, -0.2) is 32.9 Å². The lowest BCUT2D eigenvalue weighted by molar-refractivity contribution is 0.0807. The van der Waals surface area contributed by atoms with E-state index >= 15 is 0 Å². The van der Waals surface area contributed by atoms with Gasteiger partial charge in [0.05, 0.1) is 17.7 Å². The smallest absolute Gasteiger partial charge is 0.272 e. The third kappa shape index (κ3) is 3.63. The zero-order valence-electron chi connectivity index (χ0n) is 13.1. The Hall–Kier alpha value is -1.50. The third-order valence-corrected chi connectivity index (χ3v) is 4.00. The van der Waals surface area contributed by atoms with Crippen molar-refractivity contribution >= 4 is 5.91 Å². The van der Waals surface area contributed by atoms with Gasteiger partial charge in [-0.15, -0.1) is 0 Å². The molecule has 1 atom stereocenters. The number of aliphatic hydroxyl groups excluding tert-OH is 1. The zero-order chi connectivity index (χ0) is 16.5. The first-order valence-electron chi connectivity index (χ1n) is 7.55. The van der Waals surface area contributed by atoms with Gasteiger partial charge in [-0.05, 0) is 31.6 Å². The number of nitrogens with one attached hydrogen (secondary N) is 1. The summed E-state index contributed by atoms with van der Waals surface area (Å²) in [7, 11) is 0. The Morgan fingerprint density at radius 1 is 1.55 bits per heavy atom. The highest BCUT2D eigenvalue weighted by molar-refractivity contribution is 5.94. The Labute approximate surface area is 128 Å². The normalized spacial score (nSPS) is 17.8. The molecular weight excluding hydrogens is 292 g/mol. The molecule has 1 aromatic rings. The van der Waals surface area contributed by atoms with Crippen molar-refractivity contribution < 1.29 is 18.7 Å². The summed E-state index contributed by atoms with van der Waals surface area (Å²) in [5.74, 6) is -0.231. The number of nitrogens with zero attached hydrogens (tertiary/aromatic N) is 2. The number of alkyl halides is 2. The number of rotatable bonds is 7. The first kappa shape index (κ1) is 16.9. The molecule has 22 heavy (non-hydrogen) atoms. The molecule has 1 fully saturated rings. The highest BCUT2D eigenvalue weighted by Crippen LogP contribution is 2.39. The lowest BCUT2D eigenvalue weighted by Crippen LogP contribution is -2.51. The van der Waals surface area contributed by atoms with Gasteiger partial charge in [0, 0.05) is 12.7 Å². The van der Waals surface area contributed by atoms with E-state index in [1.54, 1.807) is 6.92 Å². The summed E-state index contributed by atoms with van der Waals surface area (Å²) in [4.78, 5) is 12.3. The molecule has 1 aliphatic carbocycles. The predicted molar refractivity (Wildman–Crippen MR) is 77.7 cm³/mol. The van der Waals surface area contributed by atoms with Crippen molar-refractivity contribution in [2.75, 3.05) is 6.61 Å². The molecule has 1 heterocycles. The minimum atomic E-state index is -2.76. The van der Waals surface area contributed by atoms with E-state index in [2.05, 4.69) is 10.4 Å². The Morgan fingerprint density at radius 2 is 2.18 bits per heavy atom. The van der Waals surface area contributed by atoms with Crippen LogP contribution in [0.3, 0.4) is 0 Å². The number of amides is 1. The Morgan fingerprint density at radius 3 is 2.64 bits per heavy atom. The molecular formula is C15H23F2N3O2. The molecule has 7 heteroatoms. The maximum atomic E-state index is 13.1. The topological polar surface area (TPSA) is 67.2 Å². The molecule has 0 radical (unpaired) electrons. The highest BCUT2D eigenvalue weighted by atomic mass is 19.3. The first-order valence-corrected chi connectivity index (χ1v) is 7.55. The number of hydrogen-bond donors (Lipinski definition) is 2. The van der Waals surface area contributed by atoms with Gasteiger partial charge >= 0.3 is 0 Å². The average molecular weight is 315 g/mol. The Kier molecular flexibility index (Phi) is 4.84. The SMILES string of the molecule is CC(C)Cn1cc(C(F)F)c(C(=O)NC(C)(CO)C2CC2)n1. The van der Waals surface area contributed by atoms with Gasteiger partial charge in [0.15, 0.2) is 5.69 Å². The molecule has 0 spiro atoms. The van der Waals surface area contributed by atoms with Crippen LogP contribution in [0.2, 0.25) is 0 Å². The quantitative estimate of drug-likeness (QED) is 0.812. The van der Waals surface area contributed by atoms with Gasteiger partial charge in [-0.3, -0.25) is 9.48 Å². The van der Waals surface area contributed by atoms with E-state index in [1.807, 2.05) is 13.8 Å². The predicted octanol–water partition coefficient (Wildman–Crippen LogP) is 2.37. The summed E-state index contributed by atoms with van der Waals surface area (Å²) in [5.41, 5.74) is -1.40. The molecule has 2 rings (SSSR count). The van der Waals surface area contributed by atoms with Gasteiger partial charge < -0.3 is 10.4 Å². The van der Waals surface area contributed by atoms with E-state index in [0.717, 1.165) is 12.8 Å². The van der Waals surface area contributed by atoms with E-state index in [0.29, 0.717) is 6.54 Å². The van der Waals surface area contributed by atoms with Crippen LogP contribution in [0.15, 0.2) is 6.20 Å². The van der Waals surface area contributed by atoms with Gasteiger partial charge in [0.25, 0.3) is 12.3 Å². The largest absolute Gasteiger partial charge is 0.394 e. The summed E-state index contributed by atoms with van der Waals surface area (Å²) >= 11 is 0. The average Bonchev–Trinajstić information content (AvgIpc) is 3.20. The molecule has 0 saturated heterocycles. The molecule has 2 N–H and O–H groups in total. The van der Waals surface area contributed by atoms with E-state index in [-0.39, 0.29) is 29.7 Å². The van der Waals surface area contributed by atoms with Crippen LogP contribution in [0, 0.1) is 11.8 Å². The van der Waals surface area contributed by atoms with Crippen molar-refractivity contribution in [2.45, 2.75) is 52.1 Å². The molecule has 1 aliphatic rings. The summed E-state index contributed by atoms with van der Waals surface area (Å²) < 4.78 is 27.7. The fourth-order valence-corrected chi connectivity index (χ4v) is 2.55. The van der Waals surface area contributed by atoms with Crippen molar-refractivity contribution in [2.24, 2.45) is 11.8 Å². The summed E-state index contributed by atoms with van der Waals surface area (Å²) in [5, 5.41) is 16.2. The summed E-state index contributed by atoms with van der Waals surface area (Å²) in [6.45, 7) is 5.86. The zero-order valence-corrected chi connectivity index (χ0v) is 13.1. The maximum Gasteiger partial charge on any atom is 0.272 e. The molecule has 0 aliphatic heterocycles. The van der Waals surface area contributed by atoms with Gasteiger partial charge in [0.1, 0.15) is 0 Å². The molecule has 1 amide bonds. The van der Waals surface area contributed by atoms with Gasteiger partial charge in [-0.25, -0.2) is 8.78 Å². The number of hydrogen-bond acceptors (Lipinski definition) is 3. The number of aromatic nitrogens is 2. The standard InChI is InChI=1S/C15H23F2N3O2/c1-9(2)6-20-7-11(13(16)17)12(19-20)14(22)18-15(3,8-21)10-4-5-10/h7,9-10,13,21H,4-6,8H2,1-3H3,(H,18,22). The van der Waals surface area contributed by atoms with Crippen LogP contribution in [0.5, 0.6) is 0 Å².